The van der Waals surface area contributed by atoms with Gasteiger partial charge >= 0.3 is 5.97 Å². The molecule has 0 amide bonds. The summed E-state index contributed by atoms with van der Waals surface area (Å²) in [4.78, 5) is 25.8. The topological polar surface area (TPSA) is 63.3 Å². The highest BCUT2D eigenvalue weighted by atomic mass is 16.5. The fourth-order valence-electron chi connectivity index (χ4n) is 1.56. The summed E-state index contributed by atoms with van der Waals surface area (Å²) >= 11 is 0. The summed E-state index contributed by atoms with van der Waals surface area (Å²) in [6, 6.07) is 1.89. The molecule has 5 heteroatoms. The fourth-order valence-corrected chi connectivity index (χ4v) is 1.56. The Morgan fingerprint density at radius 1 is 1.41 bits per heavy atom. The molecule has 0 aliphatic rings. The van der Waals surface area contributed by atoms with Gasteiger partial charge in [-0.15, -0.1) is 5.56 Å². The van der Waals surface area contributed by atoms with E-state index in [0.717, 1.165) is 11.1 Å². The van der Waals surface area contributed by atoms with Gasteiger partial charge in [-0.3, -0.25) is 9.78 Å². The molecule has 2 aromatic heterocycles. The van der Waals surface area contributed by atoms with Gasteiger partial charge in [0.25, 0.3) is 5.78 Å². The molecule has 0 unspecified atom stereocenters. The number of aromatic nitrogens is 2. The molecule has 0 bridgehead atoms. The molecular formula is C12H12N2O3. The van der Waals surface area contributed by atoms with E-state index in [2.05, 4.69) is 15.9 Å². The van der Waals surface area contributed by atoms with E-state index in [4.69, 9.17) is 0 Å². The summed E-state index contributed by atoms with van der Waals surface area (Å²) in [5.74, 6) is -1.58. The van der Waals surface area contributed by atoms with E-state index in [9.17, 15) is 9.59 Å². The summed E-state index contributed by atoms with van der Waals surface area (Å²) in [6.45, 7) is 3.84. The van der Waals surface area contributed by atoms with Crippen molar-refractivity contribution >= 4 is 17.4 Å². The summed E-state index contributed by atoms with van der Waals surface area (Å²) in [5.41, 5.74) is 2.90. The van der Waals surface area contributed by atoms with E-state index in [1.54, 1.807) is 0 Å². The molecule has 2 rings (SSSR count). The first-order valence-electron chi connectivity index (χ1n) is 5.10. The van der Waals surface area contributed by atoms with Gasteiger partial charge < -0.3 is 9.14 Å². The van der Waals surface area contributed by atoms with Gasteiger partial charge in [0.2, 0.25) is 0 Å². The normalized spacial score (nSPS) is 10.5. The van der Waals surface area contributed by atoms with Crippen molar-refractivity contribution in [2.75, 3.05) is 7.11 Å². The number of carbonyl (C=O) groups is 2. The van der Waals surface area contributed by atoms with Crippen molar-refractivity contribution in [1.29, 1.82) is 0 Å². The van der Waals surface area contributed by atoms with Crippen molar-refractivity contribution in [2.45, 2.75) is 13.8 Å². The first kappa shape index (κ1) is 11.3. The Morgan fingerprint density at radius 3 is 2.76 bits per heavy atom. The van der Waals surface area contributed by atoms with Gasteiger partial charge in [0.15, 0.2) is 5.65 Å². The second kappa shape index (κ2) is 4.01. The summed E-state index contributed by atoms with van der Waals surface area (Å²) < 4.78 is 5.94. The van der Waals surface area contributed by atoms with E-state index in [-0.39, 0.29) is 5.69 Å². The molecule has 1 N–H and O–H groups in total. The van der Waals surface area contributed by atoms with Crippen LogP contribution in [0.1, 0.15) is 21.6 Å². The maximum Gasteiger partial charge on any atom is 0.373 e. The quantitative estimate of drug-likeness (QED) is 0.270. The minimum Gasteiger partial charge on any atom is -0.464 e. The van der Waals surface area contributed by atoms with Crippen LogP contribution in [0.2, 0.25) is 0 Å². The Balaban J connectivity index is 2.60. The SMILES string of the molecule is COC(=O)C(=O)c1c[nH]c2cc(C)c(C)[c-][n+]12. The lowest BCUT2D eigenvalue weighted by Crippen LogP contribution is -2.32. The van der Waals surface area contributed by atoms with Crippen LogP contribution >= 0.6 is 0 Å². The van der Waals surface area contributed by atoms with Crippen LogP contribution in [0.5, 0.6) is 0 Å². The molecule has 0 saturated carbocycles. The monoisotopic (exact) mass is 232 g/mol. The van der Waals surface area contributed by atoms with Crippen molar-refractivity contribution in [2.24, 2.45) is 0 Å². The summed E-state index contributed by atoms with van der Waals surface area (Å²) in [7, 11) is 1.18. The number of pyridine rings is 1. The smallest absolute Gasteiger partial charge is 0.373 e. The van der Waals surface area contributed by atoms with Gasteiger partial charge in [-0.25, -0.2) is 4.79 Å². The number of esters is 1. The number of fused-ring (bicyclic) bond motifs is 1. The molecule has 88 valence electrons. The van der Waals surface area contributed by atoms with Gasteiger partial charge in [0, 0.05) is 0 Å². The minimum absolute atomic E-state index is 0.218. The Morgan fingerprint density at radius 2 is 2.12 bits per heavy atom. The van der Waals surface area contributed by atoms with Crippen molar-refractivity contribution in [3.05, 3.63) is 35.3 Å². The number of aryl methyl sites for hydroxylation is 2. The number of Topliss-reactive ketones (excluding diaryl/α,β-unsaturated/α-hetero) is 1. The number of hydrogen-bond acceptors (Lipinski definition) is 3. The number of hydrogen-bond donors (Lipinski definition) is 1. The van der Waals surface area contributed by atoms with Crippen LogP contribution in [-0.4, -0.2) is 23.8 Å². The Kier molecular flexibility index (Phi) is 2.67. The lowest BCUT2D eigenvalue weighted by Gasteiger charge is -2.05. The number of carbonyl (C=O) groups excluding carboxylic acids is 2. The van der Waals surface area contributed by atoms with Crippen molar-refractivity contribution in [3.8, 4) is 0 Å². The first-order valence-corrected chi connectivity index (χ1v) is 5.10. The molecular weight excluding hydrogens is 220 g/mol. The van der Waals surface area contributed by atoms with Crippen LogP contribution < -0.4 is 4.40 Å². The average molecular weight is 232 g/mol. The predicted molar refractivity (Wildman–Crippen MR) is 58.6 cm³/mol. The van der Waals surface area contributed by atoms with Crippen LogP contribution in [0.4, 0.5) is 0 Å². The van der Waals surface area contributed by atoms with Gasteiger partial charge in [0.05, 0.1) is 19.5 Å². The van der Waals surface area contributed by atoms with E-state index in [1.165, 1.54) is 17.7 Å². The zero-order valence-electron chi connectivity index (χ0n) is 9.83. The lowest BCUT2D eigenvalue weighted by atomic mass is 10.2. The molecule has 0 aromatic carbocycles. The molecule has 0 atom stereocenters. The molecule has 2 heterocycles. The van der Waals surface area contributed by atoms with Crippen LogP contribution in [0.3, 0.4) is 0 Å². The zero-order valence-corrected chi connectivity index (χ0v) is 9.83. The second-order valence-electron chi connectivity index (χ2n) is 3.78. The maximum atomic E-state index is 11.7. The number of ketones is 1. The third-order valence-corrected chi connectivity index (χ3v) is 2.67. The van der Waals surface area contributed by atoms with Crippen LogP contribution in [-0.2, 0) is 9.53 Å². The van der Waals surface area contributed by atoms with E-state index >= 15 is 0 Å². The van der Waals surface area contributed by atoms with Crippen LogP contribution in [0.15, 0.2) is 12.3 Å². The first-order chi connectivity index (χ1) is 8.04. The molecule has 0 aliphatic heterocycles. The molecule has 0 spiro atoms. The molecule has 0 radical (unpaired) electrons. The minimum atomic E-state index is -0.884. The van der Waals surface area contributed by atoms with Crippen LogP contribution in [0, 0.1) is 20.0 Å². The number of nitrogens with one attached hydrogen (secondary N) is 1. The standard InChI is InChI=1S/C12H12N2O3/c1-7-4-10-13-5-9(11(15)12(16)17-3)14(10)6-8(7)2/h4-5,13H,1-3H3. The number of H-pyrrole nitrogens is 1. The number of aromatic amines is 1. The van der Waals surface area contributed by atoms with Gasteiger partial charge in [-0.1, -0.05) is 25.5 Å². The Bertz CT molecular complexity index is 613. The Hall–Kier alpha value is -2.17. The number of rotatable bonds is 2. The zero-order chi connectivity index (χ0) is 12.6. The van der Waals surface area contributed by atoms with Crippen molar-refractivity contribution in [1.82, 2.24) is 4.98 Å². The average Bonchev–Trinajstić information content (AvgIpc) is 2.70. The van der Waals surface area contributed by atoms with Gasteiger partial charge in [-0.05, 0) is 0 Å². The number of nitrogens with zero attached hydrogens (tertiary/aromatic N) is 1. The third-order valence-electron chi connectivity index (χ3n) is 2.67. The Labute approximate surface area is 98.0 Å². The number of methoxy groups -OCH3 is 1. The largest absolute Gasteiger partial charge is 0.464 e. The van der Waals surface area contributed by atoms with Gasteiger partial charge in [0.1, 0.15) is 5.69 Å². The summed E-state index contributed by atoms with van der Waals surface area (Å²) in [6.07, 6.45) is 4.50. The maximum absolute atomic E-state index is 11.7. The van der Waals surface area contributed by atoms with E-state index in [1.807, 2.05) is 19.9 Å². The highest BCUT2D eigenvalue weighted by Crippen LogP contribution is 2.07. The molecule has 0 aliphatic carbocycles. The highest BCUT2D eigenvalue weighted by Gasteiger charge is 2.20. The van der Waals surface area contributed by atoms with E-state index < -0.39 is 11.8 Å². The lowest BCUT2D eigenvalue weighted by molar-refractivity contribution is -0.517. The fraction of sp³-hybridized carbons (Fsp3) is 0.250. The molecule has 5 nitrogen and oxygen atoms in total. The summed E-state index contributed by atoms with van der Waals surface area (Å²) in [5, 5.41) is 0. The van der Waals surface area contributed by atoms with E-state index in [0.29, 0.717) is 5.65 Å². The number of ether oxygens (including phenoxy) is 1. The molecule has 2 aromatic rings. The van der Waals surface area contributed by atoms with Gasteiger partial charge in [-0.2, -0.15) is 0 Å². The van der Waals surface area contributed by atoms with Crippen molar-refractivity contribution in [3.63, 3.8) is 0 Å². The third kappa shape index (κ3) is 1.80. The molecule has 0 fully saturated rings. The second-order valence-corrected chi connectivity index (χ2v) is 3.78. The van der Waals surface area contributed by atoms with Crippen LogP contribution in [0.25, 0.3) is 5.65 Å². The van der Waals surface area contributed by atoms with Crippen molar-refractivity contribution < 1.29 is 18.7 Å². The predicted octanol–water partition coefficient (Wildman–Crippen LogP) is 0.526. The highest BCUT2D eigenvalue weighted by molar-refractivity contribution is 6.39. The molecule has 0 saturated heterocycles. The number of imidazole rings is 1. The molecule has 17 heavy (non-hydrogen) atoms.